The Morgan fingerprint density at radius 2 is 1.69 bits per heavy atom. The van der Waals surface area contributed by atoms with Crippen molar-refractivity contribution >= 4 is 22.7 Å². The molecule has 0 atom stereocenters. The first-order chi connectivity index (χ1) is 15.6. The molecular weight excluding hydrogens is 406 g/mol. The van der Waals surface area contributed by atoms with E-state index in [9.17, 15) is 9.90 Å². The smallest absolute Gasteiger partial charge is 0.337 e. The van der Waals surface area contributed by atoms with Gasteiger partial charge in [-0.25, -0.2) is 9.78 Å². The summed E-state index contributed by atoms with van der Waals surface area (Å²) in [7, 11) is 0. The molecule has 0 saturated heterocycles. The quantitative estimate of drug-likeness (QED) is 0.372. The number of benzene rings is 2. The van der Waals surface area contributed by atoms with Gasteiger partial charge in [-0.3, -0.25) is 10.1 Å². The third-order valence-corrected chi connectivity index (χ3v) is 4.96. The maximum Gasteiger partial charge on any atom is 0.337 e. The van der Waals surface area contributed by atoms with Crippen molar-refractivity contribution in [2.45, 2.75) is 0 Å². The molecule has 0 aliphatic rings. The number of ether oxygens (including phenoxy) is 1. The van der Waals surface area contributed by atoms with Crippen LogP contribution < -0.4 is 10.5 Å². The summed E-state index contributed by atoms with van der Waals surface area (Å²) in [6.07, 6.45) is 2.87. The van der Waals surface area contributed by atoms with Gasteiger partial charge in [-0.15, -0.1) is 0 Å². The molecule has 0 fully saturated rings. The third-order valence-electron chi connectivity index (χ3n) is 4.96. The topological polar surface area (TPSA) is 127 Å². The van der Waals surface area contributed by atoms with Crippen molar-refractivity contribution in [2.24, 2.45) is 0 Å². The van der Waals surface area contributed by atoms with Crippen molar-refractivity contribution in [3.8, 4) is 34.0 Å². The van der Waals surface area contributed by atoms with Gasteiger partial charge in [-0.1, -0.05) is 18.2 Å². The number of fused-ring (bicyclic) bond motifs is 1. The fourth-order valence-electron chi connectivity index (χ4n) is 3.43. The van der Waals surface area contributed by atoms with E-state index < -0.39 is 5.97 Å². The van der Waals surface area contributed by atoms with E-state index >= 15 is 0 Å². The average Bonchev–Trinajstić information content (AvgIpc) is 3.20. The second-order valence-corrected chi connectivity index (χ2v) is 7.09. The number of pyridine rings is 2. The molecule has 2 aromatic carbocycles. The van der Waals surface area contributed by atoms with Gasteiger partial charge in [-0.05, 0) is 48.5 Å². The number of aromatic nitrogens is 4. The first-order valence-electron chi connectivity index (χ1n) is 9.75. The van der Waals surface area contributed by atoms with Gasteiger partial charge in [-0.2, -0.15) is 5.10 Å². The summed E-state index contributed by atoms with van der Waals surface area (Å²) in [6, 6.07) is 20.3. The van der Waals surface area contributed by atoms with Crippen molar-refractivity contribution < 1.29 is 14.6 Å². The van der Waals surface area contributed by atoms with Gasteiger partial charge >= 0.3 is 5.97 Å². The van der Waals surface area contributed by atoms with Gasteiger partial charge in [0.1, 0.15) is 11.5 Å². The number of hydrogen-bond acceptors (Lipinski definition) is 6. The highest BCUT2D eigenvalue weighted by molar-refractivity contribution is 6.01. The van der Waals surface area contributed by atoms with E-state index in [1.165, 1.54) is 12.3 Å². The second-order valence-electron chi connectivity index (χ2n) is 7.09. The maximum atomic E-state index is 11.3. The fraction of sp³-hybridized carbons (Fsp3) is 0. The van der Waals surface area contributed by atoms with Crippen LogP contribution in [0.25, 0.3) is 33.4 Å². The number of nitrogens with zero attached hydrogens (tertiary/aromatic N) is 3. The molecule has 0 amide bonds. The van der Waals surface area contributed by atoms with Crippen LogP contribution in [0.3, 0.4) is 0 Å². The lowest BCUT2D eigenvalue weighted by atomic mass is 10.0. The third kappa shape index (κ3) is 3.61. The van der Waals surface area contributed by atoms with E-state index in [4.69, 9.17) is 15.5 Å². The van der Waals surface area contributed by atoms with Crippen LogP contribution in [-0.2, 0) is 0 Å². The number of H-pyrrole nitrogens is 1. The van der Waals surface area contributed by atoms with E-state index in [2.05, 4.69) is 15.2 Å². The summed E-state index contributed by atoms with van der Waals surface area (Å²) >= 11 is 0. The second kappa shape index (κ2) is 7.84. The molecule has 0 aliphatic heterocycles. The standard InChI is InChI=1S/C24H17N5O3/c25-23-21-20(28-29-23)11-19(15-10-16(24(30)31)13-26-12-15)27-22(21)14-6-8-18(9-7-14)32-17-4-2-1-3-5-17/h1-13H,(H,30,31)(H3,25,28,29). The normalized spacial score (nSPS) is 10.9. The van der Waals surface area contributed by atoms with Crippen LogP contribution in [0.4, 0.5) is 5.82 Å². The first-order valence-corrected chi connectivity index (χ1v) is 9.75. The van der Waals surface area contributed by atoms with Gasteiger partial charge in [0.2, 0.25) is 0 Å². The number of rotatable bonds is 5. The molecule has 8 nitrogen and oxygen atoms in total. The summed E-state index contributed by atoms with van der Waals surface area (Å²) in [5.41, 5.74) is 9.43. The van der Waals surface area contributed by atoms with Crippen molar-refractivity contribution in [2.75, 3.05) is 5.73 Å². The molecule has 156 valence electrons. The molecule has 0 bridgehead atoms. The summed E-state index contributed by atoms with van der Waals surface area (Å²) < 4.78 is 5.87. The number of aromatic amines is 1. The Morgan fingerprint density at radius 1 is 0.938 bits per heavy atom. The zero-order valence-corrected chi connectivity index (χ0v) is 16.7. The lowest BCUT2D eigenvalue weighted by Crippen LogP contribution is -1.98. The lowest BCUT2D eigenvalue weighted by molar-refractivity contribution is 0.0696. The predicted molar refractivity (Wildman–Crippen MR) is 120 cm³/mol. The number of para-hydroxylation sites is 1. The van der Waals surface area contributed by atoms with Crippen LogP contribution in [-0.4, -0.2) is 31.2 Å². The Labute approximate surface area is 182 Å². The minimum Gasteiger partial charge on any atom is -0.478 e. The number of carbonyl (C=O) groups is 1. The Kier molecular flexibility index (Phi) is 4.72. The van der Waals surface area contributed by atoms with Crippen LogP contribution in [0.5, 0.6) is 11.5 Å². The van der Waals surface area contributed by atoms with Crippen molar-refractivity contribution in [1.82, 2.24) is 20.2 Å². The highest BCUT2D eigenvalue weighted by Crippen LogP contribution is 2.34. The summed E-state index contributed by atoms with van der Waals surface area (Å²) in [5, 5.41) is 17.0. The van der Waals surface area contributed by atoms with Crippen LogP contribution in [0.1, 0.15) is 10.4 Å². The van der Waals surface area contributed by atoms with Crippen LogP contribution in [0.15, 0.2) is 79.1 Å². The van der Waals surface area contributed by atoms with E-state index in [1.54, 1.807) is 12.3 Å². The molecule has 0 unspecified atom stereocenters. The van der Waals surface area contributed by atoms with E-state index in [-0.39, 0.29) is 5.56 Å². The van der Waals surface area contributed by atoms with E-state index in [0.717, 1.165) is 11.3 Å². The highest BCUT2D eigenvalue weighted by Gasteiger charge is 2.16. The summed E-state index contributed by atoms with van der Waals surface area (Å²) in [4.78, 5) is 20.2. The fourth-order valence-corrected chi connectivity index (χ4v) is 3.43. The number of nitrogens with one attached hydrogen (secondary N) is 1. The molecule has 4 N–H and O–H groups in total. The van der Waals surface area contributed by atoms with Crippen LogP contribution in [0, 0.1) is 0 Å². The summed E-state index contributed by atoms with van der Waals surface area (Å²) in [5.74, 6) is 0.704. The molecule has 8 heteroatoms. The summed E-state index contributed by atoms with van der Waals surface area (Å²) in [6.45, 7) is 0. The van der Waals surface area contributed by atoms with Crippen molar-refractivity contribution in [1.29, 1.82) is 0 Å². The molecule has 0 aliphatic carbocycles. The number of hydrogen-bond donors (Lipinski definition) is 3. The Hall–Kier alpha value is -4.72. The molecule has 32 heavy (non-hydrogen) atoms. The largest absolute Gasteiger partial charge is 0.478 e. The highest BCUT2D eigenvalue weighted by atomic mass is 16.5. The molecule has 3 aromatic heterocycles. The molecule has 0 spiro atoms. The first kappa shape index (κ1) is 19.3. The minimum absolute atomic E-state index is 0.0810. The van der Waals surface area contributed by atoms with Crippen molar-refractivity contribution in [3.63, 3.8) is 0 Å². The number of anilines is 1. The van der Waals surface area contributed by atoms with Gasteiger partial charge < -0.3 is 15.6 Å². The average molecular weight is 423 g/mol. The molecule has 5 aromatic rings. The number of nitrogens with two attached hydrogens (primary N) is 1. The molecule has 0 saturated carbocycles. The Bertz CT molecular complexity index is 1430. The van der Waals surface area contributed by atoms with Crippen LogP contribution in [0.2, 0.25) is 0 Å². The predicted octanol–water partition coefficient (Wildman–Crippen LogP) is 4.76. The molecular formula is C24H17N5O3. The monoisotopic (exact) mass is 423 g/mol. The number of carboxylic acid groups (broad SMARTS) is 1. The van der Waals surface area contributed by atoms with Gasteiger partial charge in [0, 0.05) is 23.5 Å². The maximum absolute atomic E-state index is 11.3. The Balaban J connectivity index is 1.58. The zero-order chi connectivity index (χ0) is 22.1. The lowest BCUT2D eigenvalue weighted by Gasteiger charge is -2.10. The zero-order valence-electron chi connectivity index (χ0n) is 16.7. The molecule has 0 radical (unpaired) electrons. The van der Waals surface area contributed by atoms with E-state index in [0.29, 0.717) is 39.4 Å². The van der Waals surface area contributed by atoms with Gasteiger partial charge in [0.15, 0.2) is 5.82 Å². The number of aromatic carboxylic acids is 1. The van der Waals surface area contributed by atoms with Gasteiger partial charge in [0.25, 0.3) is 0 Å². The van der Waals surface area contributed by atoms with E-state index in [1.807, 2.05) is 54.6 Å². The SMILES string of the molecule is Nc1n[nH]c2cc(-c3cncc(C(=O)O)c3)nc(-c3ccc(Oc4ccccc4)cc3)c12. The molecule has 3 heterocycles. The number of carboxylic acids is 1. The molecule has 5 rings (SSSR count). The van der Waals surface area contributed by atoms with Crippen LogP contribution >= 0.6 is 0 Å². The van der Waals surface area contributed by atoms with Crippen molar-refractivity contribution in [3.05, 3.63) is 84.7 Å². The number of nitrogen functional groups attached to an aromatic ring is 1. The Morgan fingerprint density at radius 3 is 2.44 bits per heavy atom. The minimum atomic E-state index is -1.06. The van der Waals surface area contributed by atoms with Gasteiger partial charge in [0.05, 0.1) is 27.9 Å².